The molecule has 1 aromatic heterocycles. The number of carbonyl (C=O) groups excluding carboxylic acids is 2. The van der Waals surface area contributed by atoms with E-state index in [0.717, 1.165) is 23.6 Å². The van der Waals surface area contributed by atoms with Crippen molar-refractivity contribution in [2.24, 2.45) is 0 Å². The molecule has 1 unspecified atom stereocenters. The Morgan fingerprint density at radius 2 is 1.75 bits per heavy atom. The first-order valence-corrected chi connectivity index (χ1v) is 9.97. The maximum Gasteiger partial charge on any atom is 0.289 e. The minimum absolute atomic E-state index is 0.118. The number of halogens is 1. The molecular weight excluding hydrogens is 378 g/mol. The molecule has 0 spiro atoms. The Bertz CT molecular complexity index is 862. The second-order valence-corrected chi connectivity index (χ2v) is 8.01. The average molecular weight is 402 g/mol. The summed E-state index contributed by atoms with van der Waals surface area (Å²) in [6.45, 7) is 5.68. The SMILES string of the molecule is CC1(C(=O)N2CCN(C(=O)c3ccco3)CC2)CCN1Cc1ccccc1Cl. The fourth-order valence-corrected chi connectivity index (χ4v) is 4.14. The van der Waals surface area contributed by atoms with Crippen LogP contribution in [0.1, 0.15) is 29.5 Å². The quantitative estimate of drug-likeness (QED) is 0.790. The second-order valence-electron chi connectivity index (χ2n) is 7.60. The van der Waals surface area contributed by atoms with Crippen LogP contribution in [-0.2, 0) is 11.3 Å². The Labute approximate surface area is 169 Å². The van der Waals surface area contributed by atoms with Gasteiger partial charge >= 0.3 is 0 Å². The number of rotatable bonds is 4. The molecular formula is C21H24ClN3O3. The second kappa shape index (κ2) is 7.60. The highest BCUT2D eigenvalue weighted by molar-refractivity contribution is 6.31. The number of hydrogen-bond acceptors (Lipinski definition) is 4. The maximum absolute atomic E-state index is 13.2. The third-order valence-corrected chi connectivity index (χ3v) is 6.30. The van der Waals surface area contributed by atoms with Gasteiger partial charge in [-0.3, -0.25) is 14.5 Å². The number of likely N-dealkylation sites (tertiary alicyclic amines) is 1. The van der Waals surface area contributed by atoms with Crippen LogP contribution in [-0.4, -0.2) is 64.8 Å². The van der Waals surface area contributed by atoms with Crippen molar-refractivity contribution in [3.8, 4) is 0 Å². The van der Waals surface area contributed by atoms with Gasteiger partial charge in [0.1, 0.15) is 0 Å². The van der Waals surface area contributed by atoms with Gasteiger partial charge in [0.15, 0.2) is 5.76 Å². The molecule has 6 nitrogen and oxygen atoms in total. The smallest absolute Gasteiger partial charge is 0.289 e. The largest absolute Gasteiger partial charge is 0.459 e. The molecule has 2 aromatic rings. The zero-order valence-corrected chi connectivity index (χ0v) is 16.7. The van der Waals surface area contributed by atoms with E-state index < -0.39 is 5.54 Å². The van der Waals surface area contributed by atoms with E-state index in [4.69, 9.17) is 16.0 Å². The summed E-state index contributed by atoms with van der Waals surface area (Å²) in [6, 6.07) is 11.1. The van der Waals surface area contributed by atoms with Gasteiger partial charge in [-0.05, 0) is 37.1 Å². The molecule has 3 heterocycles. The molecule has 0 radical (unpaired) electrons. The number of hydrogen-bond donors (Lipinski definition) is 0. The van der Waals surface area contributed by atoms with Crippen LogP contribution in [0.15, 0.2) is 47.1 Å². The predicted molar refractivity (Wildman–Crippen MR) is 106 cm³/mol. The lowest BCUT2D eigenvalue weighted by molar-refractivity contribution is -0.154. The van der Waals surface area contributed by atoms with Crippen molar-refractivity contribution in [3.63, 3.8) is 0 Å². The summed E-state index contributed by atoms with van der Waals surface area (Å²) in [5.41, 5.74) is 0.531. The zero-order chi connectivity index (χ0) is 19.7. The Balaban J connectivity index is 1.37. The summed E-state index contributed by atoms with van der Waals surface area (Å²) in [4.78, 5) is 31.4. The van der Waals surface area contributed by atoms with Crippen LogP contribution in [0, 0.1) is 0 Å². The van der Waals surface area contributed by atoms with Gasteiger partial charge in [0, 0.05) is 44.3 Å². The van der Waals surface area contributed by atoms with Crippen molar-refractivity contribution in [2.75, 3.05) is 32.7 Å². The zero-order valence-electron chi connectivity index (χ0n) is 15.9. The van der Waals surface area contributed by atoms with E-state index >= 15 is 0 Å². The molecule has 2 aliphatic heterocycles. The van der Waals surface area contributed by atoms with E-state index in [-0.39, 0.29) is 11.8 Å². The molecule has 2 aliphatic rings. The summed E-state index contributed by atoms with van der Waals surface area (Å²) in [7, 11) is 0. The summed E-state index contributed by atoms with van der Waals surface area (Å²) in [6.07, 6.45) is 2.33. The van der Waals surface area contributed by atoms with Crippen LogP contribution in [0.3, 0.4) is 0 Å². The Morgan fingerprint density at radius 3 is 2.36 bits per heavy atom. The first-order chi connectivity index (χ1) is 13.5. The monoisotopic (exact) mass is 401 g/mol. The Kier molecular flexibility index (Phi) is 5.17. The molecule has 0 saturated carbocycles. The van der Waals surface area contributed by atoms with Crippen LogP contribution >= 0.6 is 11.6 Å². The Hall–Kier alpha value is -2.31. The van der Waals surface area contributed by atoms with E-state index in [0.29, 0.717) is 38.5 Å². The standard InChI is InChI=1S/C21H24ClN3O3/c1-21(8-9-25(21)15-16-5-2-3-6-17(16)22)20(27)24-12-10-23(11-13-24)19(26)18-7-4-14-28-18/h2-7,14H,8-13,15H2,1H3. The number of carbonyl (C=O) groups is 2. The summed E-state index contributed by atoms with van der Waals surface area (Å²) < 4.78 is 5.19. The molecule has 148 valence electrons. The van der Waals surface area contributed by atoms with Gasteiger partial charge in [-0.2, -0.15) is 0 Å². The first-order valence-electron chi connectivity index (χ1n) is 9.60. The number of piperazine rings is 1. The van der Waals surface area contributed by atoms with Gasteiger partial charge in [0.25, 0.3) is 5.91 Å². The number of furan rings is 1. The van der Waals surface area contributed by atoms with Crippen molar-refractivity contribution >= 4 is 23.4 Å². The lowest BCUT2D eigenvalue weighted by atomic mass is 9.84. The molecule has 28 heavy (non-hydrogen) atoms. The molecule has 0 aliphatic carbocycles. The van der Waals surface area contributed by atoms with Gasteiger partial charge in [-0.1, -0.05) is 29.8 Å². The van der Waals surface area contributed by atoms with Crippen LogP contribution < -0.4 is 0 Å². The maximum atomic E-state index is 13.2. The lowest BCUT2D eigenvalue weighted by Gasteiger charge is -2.52. The van der Waals surface area contributed by atoms with E-state index in [2.05, 4.69) is 4.90 Å². The fourth-order valence-electron chi connectivity index (χ4n) is 3.94. The molecule has 2 saturated heterocycles. The highest BCUT2D eigenvalue weighted by Gasteiger charge is 2.49. The van der Waals surface area contributed by atoms with Gasteiger partial charge in [0.2, 0.25) is 5.91 Å². The molecule has 4 rings (SSSR count). The van der Waals surface area contributed by atoms with E-state index in [1.165, 1.54) is 6.26 Å². The number of nitrogens with zero attached hydrogens (tertiary/aromatic N) is 3. The molecule has 1 atom stereocenters. The average Bonchev–Trinajstić information content (AvgIpc) is 3.25. The van der Waals surface area contributed by atoms with Crippen molar-refractivity contribution in [2.45, 2.75) is 25.4 Å². The van der Waals surface area contributed by atoms with E-state index in [1.54, 1.807) is 17.0 Å². The molecule has 2 amide bonds. The number of amides is 2. The Morgan fingerprint density at radius 1 is 1.04 bits per heavy atom. The summed E-state index contributed by atoms with van der Waals surface area (Å²) in [5.74, 6) is 0.361. The topological polar surface area (TPSA) is 57.0 Å². The molecule has 7 heteroatoms. The minimum atomic E-state index is -0.508. The highest BCUT2D eigenvalue weighted by atomic mass is 35.5. The third-order valence-electron chi connectivity index (χ3n) is 5.93. The van der Waals surface area contributed by atoms with Crippen molar-refractivity contribution < 1.29 is 14.0 Å². The molecule has 0 N–H and O–H groups in total. The minimum Gasteiger partial charge on any atom is -0.459 e. The third kappa shape index (κ3) is 3.42. The molecule has 0 bridgehead atoms. The van der Waals surface area contributed by atoms with Crippen LogP contribution in [0.25, 0.3) is 0 Å². The first kappa shape index (κ1) is 19.0. The van der Waals surface area contributed by atoms with Crippen LogP contribution in [0.5, 0.6) is 0 Å². The van der Waals surface area contributed by atoms with Crippen LogP contribution in [0.4, 0.5) is 0 Å². The van der Waals surface area contributed by atoms with Gasteiger partial charge in [-0.15, -0.1) is 0 Å². The number of benzene rings is 1. The van der Waals surface area contributed by atoms with Crippen molar-refractivity contribution in [3.05, 3.63) is 59.0 Å². The van der Waals surface area contributed by atoms with E-state index in [1.807, 2.05) is 36.1 Å². The summed E-state index contributed by atoms with van der Waals surface area (Å²) in [5, 5.41) is 0.731. The van der Waals surface area contributed by atoms with Gasteiger partial charge in [0.05, 0.1) is 11.8 Å². The van der Waals surface area contributed by atoms with Gasteiger partial charge in [-0.25, -0.2) is 0 Å². The van der Waals surface area contributed by atoms with Crippen LogP contribution in [0.2, 0.25) is 5.02 Å². The van der Waals surface area contributed by atoms with Crippen molar-refractivity contribution in [1.82, 2.24) is 14.7 Å². The van der Waals surface area contributed by atoms with Gasteiger partial charge < -0.3 is 14.2 Å². The van der Waals surface area contributed by atoms with E-state index in [9.17, 15) is 9.59 Å². The molecule has 2 fully saturated rings. The predicted octanol–water partition coefficient (Wildman–Crippen LogP) is 2.88. The summed E-state index contributed by atoms with van der Waals surface area (Å²) >= 11 is 6.29. The lowest BCUT2D eigenvalue weighted by Crippen LogP contribution is -2.67. The molecule has 1 aromatic carbocycles. The highest BCUT2D eigenvalue weighted by Crippen LogP contribution is 2.35. The van der Waals surface area contributed by atoms with Crippen molar-refractivity contribution in [1.29, 1.82) is 0 Å². The normalized spacial score (nSPS) is 22.8. The fraction of sp³-hybridized carbons (Fsp3) is 0.429.